The second-order valence-electron chi connectivity index (χ2n) is 7.53. The summed E-state index contributed by atoms with van der Waals surface area (Å²) in [6, 6.07) is 10.8. The van der Waals surface area contributed by atoms with Crippen molar-refractivity contribution in [1.29, 1.82) is 0 Å². The molecular weight excluding hydrogens is 356 g/mol. The van der Waals surface area contributed by atoms with Crippen molar-refractivity contribution in [3.05, 3.63) is 71.2 Å². The average Bonchev–Trinajstić information content (AvgIpc) is 3.07. The number of carbonyl (C=O) groups is 2. The number of hydrogen-bond acceptors (Lipinski definition) is 6. The summed E-state index contributed by atoms with van der Waals surface area (Å²) in [5, 5.41) is 3.92. The van der Waals surface area contributed by atoms with Crippen LogP contribution in [0.2, 0.25) is 0 Å². The van der Waals surface area contributed by atoms with Crippen LogP contribution in [-0.2, 0) is 10.2 Å². The van der Waals surface area contributed by atoms with Gasteiger partial charge in [-0.2, -0.15) is 0 Å². The van der Waals surface area contributed by atoms with E-state index in [1.54, 1.807) is 43.6 Å². The van der Waals surface area contributed by atoms with Crippen LogP contribution in [0.4, 0.5) is 0 Å². The van der Waals surface area contributed by atoms with Crippen LogP contribution >= 0.6 is 0 Å². The minimum absolute atomic E-state index is 0.00253. The van der Waals surface area contributed by atoms with Crippen molar-refractivity contribution in [3.63, 3.8) is 0 Å². The fourth-order valence-electron chi connectivity index (χ4n) is 2.76. The fraction of sp³-hybridized carbons (Fsp3) is 0.273. The van der Waals surface area contributed by atoms with E-state index in [2.05, 4.69) is 30.9 Å². The van der Waals surface area contributed by atoms with E-state index in [0.717, 1.165) is 5.56 Å². The van der Waals surface area contributed by atoms with Gasteiger partial charge in [0.15, 0.2) is 12.4 Å². The van der Waals surface area contributed by atoms with Crippen LogP contribution in [0.25, 0.3) is 11.3 Å². The highest BCUT2D eigenvalue weighted by molar-refractivity contribution is 6.01. The molecule has 0 bridgehead atoms. The van der Waals surface area contributed by atoms with E-state index in [0.29, 0.717) is 22.6 Å². The quantitative estimate of drug-likeness (QED) is 0.484. The van der Waals surface area contributed by atoms with E-state index in [-0.39, 0.29) is 23.4 Å². The summed E-state index contributed by atoms with van der Waals surface area (Å²) in [5.41, 5.74) is 2.80. The lowest BCUT2D eigenvalue weighted by Gasteiger charge is -2.18. The molecule has 2 heterocycles. The molecule has 3 rings (SSSR count). The Morgan fingerprint density at radius 2 is 1.82 bits per heavy atom. The zero-order chi connectivity index (χ0) is 20.3. The van der Waals surface area contributed by atoms with Crippen molar-refractivity contribution in [2.24, 2.45) is 0 Å². The van der Waals surface area contributed by atoms with Crippen molar-refractivity contribution in [2.45, 2.75) is 33.1 Å². The summed E-state index contributed by atoms with van der Waals surface area (Å²) >= 11 is 0. The van der Waals surface area contributed by atoms with Gasteiger partial charge in [0.05, 0.1) is 0 Å². The fourth-order valence-corrected chi connectivity index (χ4v) is 2.76. The molecule has 144 valence electrons. The van der Waals surface area contributed by atoms with E-state index in [9.17, 15) is 9.59 Å². The molecule has 0 unspecified atom stereocenters. The van der Waals surface area contributed by atoms with E-state index in [4.69, 9.17) is 9.26 Å². The summed E-state index contributed by atoms with van der Waals surface area (Å²) < 4.78 is 10.4. The van der Waals surface area contributed by atoms with Gasteiger partial charge in [0, 0.05) is 23.5 Å². The van der Waals surface area contributed by atoms with Gasteiger partial charge in [-0.25, -0.2) is 4.79 Å². The minimum Gasteiger partial charge on any atom is -0.454 e. The van der Waals surface area contributed by atoms with Gasteiger partial charge in [0.25, 0.3) is 0 Å². The molecule has 0 aliphatic heterocycles. The Bertz CT molecular complexity index is 984. The van der Waals surface area contributed by atoms with E-state index >= 15 is 0 Å². The van der Waals surface area contributed by atoms with Gasteiger partial charge < -0.3 is 9.26 Å². The highest BCUT2D eigenvalue weighted by Gasteiger charge is 2.24. The molecule has 0 spiro atoms. The zero-order valence-corrected chi connectivity index (χ0v) is 16.4. The highest BCUT2D eigenvalue weighted by atomic mass is 16.5. The molecule has 0 atom stereocenters. The SMILES string of the molecule is Cc1onc(-c2cccnc2)c1C(=O)OCC(=O)c1ccc(C(C)(C)C)cc1. The topological polar surface area (TPSA) is 82.3 Å². The number of aryl methyl sites for hydroxylation is 1. The molecule has 0 saturated heterocycles. The second-order valence-corrected chi connectivity index (χ2v) is 7.53. The Hall–Kier alpha value is -3.28. The maximum atomic E-state index is 12.5. The van der Waals surface area contributed by atoms with E-state index in [1.165, 1.54) is 0 Å². The van der Waals surface area contributed by atoms with Gasteiger partial charge in [0.2, 0.25) is 0 Å². The van der Waals surface area contributed by atoms with E-state index < -0.39 is 5.97 Å². The molecular formula is C22H22N2O4. The summed E-state index contributed by atoms with van der Waals surface area (Å²) in [5.74, 6) is -0.603. The molecule has 2 aromatic heterocycles. The van der Waals surface area contributed by atoms with Crippen LogP contribution in [0.5, 0.6) is 0 Å². The number of ketones is 1. The normalized spacial score (nSPS) is 11.3. The van der Waals surface area contributed by atoms with Crippen LogP contribution < -0.4 is 0 Å². The predicted molar refractivity (Wildman–Crippen MR) is 104 cm³/mol. The first kappa shape index (κ1) is 19.5. The van der Waals surface area contributed by atoms with Crippen molar-refractivity contribution in [1.82, 2.24) is 10.1 Å². The van der Waals surface area contributed by atoms with Gasteiger partial charge in [-0.15, -0.1) is 0 Å². The van der Waals surface area contributed by atoms with Gasteiger partial charge in [-0.1, -0.05) is 50.2 Å². The van der Waals surface area contributed by atoms with Crippen LogP contribution in [0.15, 0.2) is 53.3 Å². The molecule has 0 N–H and O–H groups in total. The number of aromatic nitrogens is 2. The summed E-state index contributed by atoms with van der Waals surface area (Å²) in [4.78, 5) is 29.0. The molecule has 6 nitrogen and oxygen atoms in total. The first-order chi connectivity index (χ1) is 13.3. The van der Waals surface area contributed by atoms with Gasteiger partial charge in [0.1, 0.15) is 17.0 Å². The third kappa shape index (κ3) is 4.17. The number of benzene rings is 1. The molecule has 28 heavy (non-hydrogen) atoms. The van der Waals surface area contributed by atoms with E-state index in [1.807, 2.05) is 12.1 Å². The number of pyridine rings is 1. The maximum Gasteiger partial charge on any atom is 0.344 e. The number of nitrogens with zero attached hydrogens (tertiary/aromatic N) is 2. The Balaban J connectivity index is 1.71. The van der Waals surface area contributed by atoms with Gasteiger partial charge in [-0.05, 0) is 30.0 Å². The number of Topliss-reactive ketones (excluding diaryl/α,β-unsaturated/α-hetero) is 1. The van der Waals surface area contributed by atoms with Crippen molar-refractivity contribution >= 4 is 11.8 Å². The van der Waals surface area contributed by atoms with Gasteiger partial charge >= 0.3 is 5.97 Å². The monoisotopic (exact) mass is 378 g/mol. The third-order valence-corrected chi connectivity index (χ3v) is 4.41. The number of hydrogen-bond donors (Lipinski definition) is 0. The predicted octanol–water partition coefficient (Wildman–Crippen LogP) is 4.38. The molecule has 0 aliphatic rings. The third-order valence-electron chi connectivity index (χ3n) is 4.41. The molecule has 0 radical (unpaired) electrons. The first-order valence-electron chi connectivity index (χ1n) is 8.95. The molecule has 0 fully saturated rings. The summed E-state index contributed by atoms with van der Waals surface area (Å²) in [7, 11) is 0. The smallest absolute Gasteiger partial charge is 0.344 e. The molecule has 0 amide bonds. The molecule has 0 aliphatic carbocycles. The average molecular weight is 378 g/mol. The largest absolute Gasteiger partial charge is 0.454 e. The molecule has 3 aromatic rings. The molecule has 6 heteroatoms. The molecule has 1 aromatic carbocycles. The van der Waals surface area contributed by atoms with Crippen molar-refractivity contribution < 1.29 is 18.8 Å². The summed E-state index contributed by atoms with van der Waals surface area (Å²) in [6.45, 7) is 7.58. The Morgan fingerprint density at radius 3 is 2.43 bits per heavy atom. The number of carbonyl (C=O) groups excluding carboxylic acids is 2. The Morgan fingerprint density at radius 1 is 1.11 bits per heavy atom. The lowest BCUT2D eigenvalue weighted by atomic mass is 9.86. The van der Waals surface area contributed by atoms with Gasteiger partial charge in [-0.3, -0.25) is 9.78 Å². The summed E-state index contributed by atoms with van der Waals surface area (Å²) in [6.07, 6.45) is 3.20. The lowest BCUT2D eigenvalue weighted by molar-refractivity contribution is 0.0473. The van der Waals surface area contributed by atoms with Crippen LogP contribution in [0.3, 0.4) is 0 Å². The number of esters is 1. The highest BCUT2D eigenvalue weighted by Crippen LogP contribution is 2.25. The van der Waals surface area contributed by atoms with Crippen LogP contribution in [0.1, 0.15) is 52.8 Å². The Labute approximate surface area is 163 Å². The maximum absolute atomic E-state index is 12.5. The van der Waals surface area contributed by atoms with Crippen molar-refractivity contribution in [2.75, 3.05) is 6.61 Å². The van der Waals surface area contributed by atoms with Crippen LogP contribution in [-0.4, -0.2) is 28.5 Å². The Kier molecular flexibility index (Phi) is 5.40. The zero-order valence-electron chi connectivity index (χ0n) is 16.4. The van der Waals surface area contributed by atoms with Crippen molar-refractivity contribution in [3.8, 4) is 11.3 Å². The lowest BCUT2D eigenvalue weighted by Crippen LogP contribution is -2.16. The first-order valence-corrected chi connectivity index (χ1v) is 8.95. The standard InChI is InChI=1S/C22H22N2O4/c1-14-19(20(24-28-14)16-6-5-11-23-12-16)21(26)27-13-18(25)15-7-9-17(10-8-15)22(2,3)4/h5-12H,13H2,1-4H3. The number of ether oxygens (including phenoxy) is 1. The number of rotatable bonds is 5. The second kappa shape index (κ2) is 7.76. The minimum atomic E-state index is -0.655. The molecule has 0 saturated carbocycles. The van der Waals surface area contributed by atoms with Crippen LogP contribution in [0, 0.1) is 6.92 Å².